The molecular weight excluding hydrogens is 205 g/mol. The van der Waals surface area contributed by atoms with Crippen LogP contribution >= 0.6 is 0 Å². The minimum atomic E-state index is -0.260. The van der Waals surface area contributed by atoms with Crippen LogP contribution in [0.25, 0.3) is 0 Å². The van der Waals surface area contributed by atoms with Gasteiger partial charge in [-0.2, -0.15) is 0 Å². The molecule has 1 rings (SSSR count). The van der Waals surface area contributed by atoms with Crippen LogP contribution in [0.3, 0.4) is 0 Å². The first-order chi connectivity index (χ1) is 7.47. The average molecular weight is 222 g/mol. The Morgan fingerprint density at radius 3 is 1.88 bits per heavy atom. The zero-order chi connectivity index (χ0) is 12.3. The fraction of sp³-hybridized carbons (Fsp3) is 0.462. The first-order valence-electron chi connectivity index (χ1n) is 5.43. The van der Waals surface area contributed by atoms with Crippen LogP contribution in [-0.4, -0.2) is 6.41 Å². The second-order valence-corrected chi connectivity index (χ2v) is 4.50. The van der Waals surface area contributed by atoms with Crippen molar-refractivity contribution >= 4 is 12.1 Å². The van der Waals surface area contributed by atoms with Crippen molar-refractivity contribution in [2.45, 2.75) is 39.5 Å². The quantitative estimate of drug-likeness (QED) is 0.775. The lowest BCUT2D eigenvalue weighted by Gasteiger charge is -2.18. The van der Waals surface area contributed by atoms with Gasteiger partial charge < -0.3 is 5.32 Å². The van der Waals surface area contributed by atoms with E-state index in [1.165, 1.54) is 12.1 Å². The molecular formula is C13H17FNO. The standard InChI is InChI=1S/C13H17FNO/c1-8(2)11-5-10(14)6-12(9(3)4)13(11)15-7-16/h5-6,8-9H,1-4H3,(H,15,16). The number of hydrogen-bond acceptors (Lipinski definition) is 1. The number of anilines is 1. The fourth-order valence-corrected chi connectivity index (χ4v) is 1.76. The Kier molecular flexibility index (Phi) is 4.05. The Balaban J connectivity index is 3.40. The van der Waals surface area contributed by atoms with E-state index >= 15 is 0 Å². The summed E-state index contributed by atoms with van der Waals surface area (Å²) in [6.07, 6.45) is 1.67. The molecule has 0 aliphatic carbocycles. The monoisotopic (exact) mass is 222 g/mol. The molecule has 1 aromatic carbocycles. The number of carbonyl (C=O) groups excluding carboxylic acids is 1. The summed E-state index contributed by atoms with van der Waals surface area (Å²) in [5, 5.41) is 2.56. The SMILES string of the molecule is CC(C)c1cc(F)cc(C(C)C)c1N[C]=O. The highest BCUT2D eigenvalue weighted by atomic mass is 19.1. The van der Waals surface area contributed by atoms with Crippen molar-refractivity contribution in [3.05, 3.63) is 29.1 Å². The third-order valence-corrected chi connectivity index (χ3v) is 2.58. The number of nitrogens with one attached hydrogen (secondary N) is 1. The molecule has 0 atom stereocenters. The summed E-state index contributed by atoms with van der Waals surface area (Å²) in [6, 6.07) is 2.94. The van der Waals surface area contributed by atoms with E-state index in [1.807, 2.05) is 27.7 Å². The molecule has 0 fully saturated rings. The van der Waals surface area contributed by atoms with Gasteiger partial charge in [-0.3, -0.25) is 4.79 Å². The van der Waals surface area contributed by atoms with Crippen molar-refractivity contribution in [1.29, 1.82) is 0 Å². The molecule has 16 heavy (non-hydrogen) atoms. The molecule has 1 aromatic rings. The number of benzene rings is 1. The van der Waals surface area contributed by atoms with Gasteiger partial charge in [0.15, 0.2) is 0 Å². The highest BCUT2D eigenvalue weighted by Gasteiger charge is 2.15. The predicted molar refractivity (Wildman–Crippen MR) is 63.9 cm³/mol. The molecule has 0 unspecified atom stereocenters. The van der Waals surface area contributed by atoms with E-state index in [0.717, 1.165) is 11.1 Å². The Morgan fingerprint density at radius 1 is 1.12 bits per heavy atom. The maximum absolute atomic E-state index is 13.4. The van der Waals surface area contributed by atoms with Crippen LogP contribution in [0.4, 0.5) is 10.1 Å². The summed E-state index contributed by atoms with van der Waals surface area (Å²) in [7, 11) is 0. The molecule has 1 N–H and O–H groups in total. The minimum Gasteiger partial charge on any atom is -0.317 e. The van der Waals surface area contributed by atoms with Crippen molar-refractivity contribution in [2.24, 2.45) is 0 Å². The Bertz CT molecular complexity index is 357. The molecule has 0 heterocycles. The summed E-state index contributed by atoms with van der Waals surface area (Å²) < 4.78 is 13.4. The molecule has 0 aliphatic rings. The van der Waals surface area contributed by atoms with Gasteiger partial charge in [-0.1, -0.05) is 27.7 Å². The van der Waals surface area contributed by atoms with Gasteiger partial charge in [-0.15, -0.1) is 0 Å². The Hall–Kier alpha value is -1.38. The Labute approximate surface area is 95.9 Å². The smallest absolute Gasteiger partial charge is 0.314 e. The van der Waals surface area contributed by atoms with E-state index in [-0.39, 0.29) is 17.7 Å². The van der Waals surface area contributed by atoms with Crippen LogP contribution in [-0.2, 0) is 4.79 Å². The first kappa shape index (κ1) is 12.7. The zero-order valence-electron chi connectivity index (χ0n) is 10.1. The van der Waals surface area contributed by atoms with Crippen molar-refractivity contribution in [3.8, 4) is 0 Å². The maximum Gasteiger partial charge on any atom is 0.314 e. The lowest BCUT2D eigenvalue weighted by molar-refractivity contribution is 0.560. The van der Waals surface area contributed by atoms with E-state index in [0.29, 0.717) is 5.69 Å². The van der Waals surface area contributed by atoms with Crippen LogP contribution in [0.15, 0.2) is 12.1 Å². The number of amides is 1. The summed E-state index contributed by atoms with van der Waals surface area (Å²) in [5.41, 5.74) is 2.32. The van der Waals surface area contributed by atoms with Crippen molar-refractivity contribution in [1.82, 2.24) is 0 Å². The number of hydrogen-bond donors (Lipinski definition) is 1. The van der Waals surface area contributed by atoms with Crippen LogP contribution in [0.5, 0.6) is 0 Å². The van der Waals surface area contributed by atoms with Crippen LogP contribution in [0.2, 0.25) is 0 Å². The molecule has 1 amide bonds. The van der Waals surface area contributed by atoms with Crippen LogP contribution < -0.4 is 5.32 Å². The second kappa shape index (κ2) is 5.10. The van der Waals surface area contributed by atoms with Crippen molar-refractivity contribution in [3.63, 3.8) is 0 Å². The fourth-order valence-electron chi connectivity index (χ4n) is 1.76. The van der Waals surface area contributed by atoms with Gasteiger partial charge in [-0.25, -0.2) is 4.39 Å². The number of halogens is 1. The number of rotatable bonds is 4. The van der Waals surface area contributed by atoms with Gasteiger partial charge >= 0.3 is 6.41 Å². The van der Waals surface area contributed by atoms with Crippen LogP contribution in [0, 0.1) is 5.82 Å². The maximum atomic E-state index is 13.4. The van der Waals surface area contributed by atoms with Gasteiger partial charge in [0.05, 0.1) is 0 Å². The molecule has 0 saturated carbocycles. The van der Waals surface area contributed by atoms with Gasteiger partial charge in [0.25, 0.3) is 0 Å². The third kappa shape index (κ3) is 2.60. The molecule has 1 radical (unpaired) electrons. The highest BCUT2D eigenvalue weighted by Crippen LogP contribution is 2.33. The summed E-state index contributed by atoms with van der Waals surface area (Å²) in [6.45, 7) is 7.87. The average Bonchev–Trinajstić information content (AvgIpc) is 2.19. The second-order valence-electron chi connectivity index (χ2n) is 4.50. The van der Waals surface area contributed by atoms with Gasteiger partial charge in [-0.05, 0) is 35.1 Å². The molecule has 3 heteroatoms. The third-order valence-electron chi connectivity index (χ3n) is 2.58. The zero-order valence-corrected chi connectivity index (χ0v) is 10.1. The first-order valence-corrected chi connectivity index (χ1v) is 5.43. The van der Waals surface area contributed by atoms with Crippen molar-refractivity contribution in [2.75, 3.05) is 5.32 Å². The van der Waals surface area contributed by atoms with Crippen LogP contribution in [0.1, 0.15) is 50.7 Å². The molecule has 0 aromatic heterocycles. The molecule has 0 spiro atoms. The Morgan fingerprint density at radius 2 is 1.56 bits per heavy atom. The highest BCUT2D eigenvalue weighted by molar-refractivity contribution is 5.77. The van der Waals surface area contributed by atoms with E-state index < -0.39 is 0 Å². The van der Waals surface area contributed by atoms with Gasteiger partial charge in [0.2, 0.25) is 0 Å². The van der Waals surface area contributed by atoms with Crippen molar-refractivity contribution < 1.29 is 9.18 Å². The minimum absolute atomic E-state index is 0.157. The van der Waals surface area contributed by atoms with E-state index in [1.54, 1.807) is 6.41 Å². The summed E-state index contributed by atoms with van der Waals surface area (Å²) >= 11 is 0. The van der Waals surface area contributed by atoms with E-state index in [4.69, 9.17) is 0 Å². The largest absolute Gasteiger partial charge is 0.317 e. The summed E-state index contributed by atoms with van der Waals surface area (Å²) in [4.78, 5) is 10.5. The normalized spacial score (nSPS) is 10.9. The molecule has 0 saturated heterocycles. The molecule has 2 nitrogen and oxygen atoms in total. The van der Waals surface area contributed by atoms with Gasteiger partial charge in [0.1, 0.15) is 5.82 Å². The topological polar surface area (TPSA) is 29.1 Å². The molecule has 87 valence electrons. The van der Waals surface area contributed by atoms with E-state index in [2.05, 4.69) is 5.32 Å². The molecule has 0 aliphatic heterocycles. The van der Waals surface area contributed by atoms with E-state index in [9.17, 15) is 9.18 Å². The predicted octanol–water partition coefficient (Wildman–Crippen LogP) is 3.55. The summed E-state index contributed by atoms with van der Waals surface area (Å²) in [5.74, 6) is 0.0527. The molecule has 0 bridgehead atoms. The lowest BCUT2D eigenvalue weighted by atomic mass is 9.92. The lowest BCUT2D eigenvalue weighted by Crippen LogP contribution is -2.06. The van der Waals surface area contributed by atoms with Gasteiger partial charge in [0, 0.05) is 5.69 Å².